The Morgan fingerprint density at radius 1 is 1.43 bits per heavy atom. The molecule has 1 aromatic carbocycles. The van der Waals surface area contributed by atoms with E-state index >= 15 is 0 Å². The molecular weight excluding hydrogens is 348 g/mol. The molecule has 114 valence electrons. The van der Waals surface area contributed by atoms with Gasteiger partial charge in [-0.15, -0.1) is 11.3 Å². The third-order valence-electron chi connectivity index (χ3n) is 3.95. The summed E-state index contributed by atoms with van der Waals surface area (Å²) in [7, 11) is 0. The normalized spacial score (nSPS) is 13.4. The van der Waals surface area contributed by atoms with Crippen molar-refractivity contribution >= 4 is 48.9 Å². The van der Waals surface area contributed by atoms with Crippen LogP contribution in [0.15, 0.2) is 22.7 Å². The quantitative estimate of drug-likeness (QED) is 0.827. The molecule has 0 bridgehead atoms. The van der Waals surface area contributed by atoms with E-state index in [0.717, 1.165) is 14.6 Å². The molecule has 2 aromatic rings. The third kappa shape index (κ3) is 3.40. The summed E-state index contributed by atoms with van der Waals surface area (Å²) in [6, 6.07) is 5.87. The van der Waals surface area contributed by atoms with Gasteiger partial charge in [0.1, 0.15) is 4.88 Å². The standard InChI is InChI=1S/C16H21BrN2OS/c1-9(16(2,3)4)8-19-15(20)14-13(18)12-10(17)6-5-7-11(12)21-14/h5-7,9H,8,18H2,1-4H3,(H,19,20). The van der Waals surface area contributed by atoms with Crippen molar-refractivity contribution in [2.24, 2.45) is 11.3 Å². The molecule has 0 aliphatic rings. The number of thiophene rings is 1. The van der Waals surface area contributed by atoms with Crippen LogP contribution in [0.25, 0.3) is 10.1 Å². The maximum absolute atomic E-state index is 12.4. The van der Waals surface area contributed by atoms with Gasteiger partial charge in [0.05, 0.1) is 5.69 Å². The van der Waals surface area contributed by atoms with Crippen molar-refractivity contribution in [2.45, 2.75) is 27.7 Å². The van der Waals surface area contributed by atoms with Crippen molar-refractivity contribution in [1.82, 2.24) is 5.32 Å². The summed E-state index contributed by atoms with van der Waals surface area (Å²) in [5.74, 6) is 0.306. The second-order valence-electron chi connectivity index (χ2n) is 6.43. The van der Waals surface area contributed by atoms with E-state index in [0.29, 0.717) is 23.0 Å². The third-order valence-corrected chi connectivity index (χ3v) is 5.79. The number of hydrogen-bond donors (Lipinski definition) is 2. The van der Waals surface area contributed by atoms with Crippen molar-refractivity contribution in [1.29, 1.82) is 0 Å². The minimum absolute atomic E-state index is 0.0864. The second kappa shape index (κ2) is 5.97. The van der Waals surface area contributed by atoms with Crippen LogP contribution in [0.5, 0.6) is 0 Å². The molecule has 21 heavy (non-hydrogen) atoms. The topological polar surface area (TPSA) is 55.1 Å². The molecule has 0 saturated carbocycles. The lowest BCUT2D eigenvalue weighted by Gasteiger charge is -2.27. The van der Waals surface area contributed by atoms with Crippen LogP contribution in [0.1, 0.15) is 37.4 Å². The molecule has 0 fully saturated rings. The molecule has 2 rings (SSSR count). The van der Waals surface area contributed by atoms with Gasteiger partial charge in [-0.1, -0.05) is 49.7 Å². The second-order valence-corrected chi connectivity index (χ2v) is 8.34. The van der Waals surface area contributed by atoms with Crippen molar-refractivity contribution < 1.29 is 4.79 Å². The van der Waals surface area contributed by atoms with E-state index < -0.39 is 0 Å². The molecule has 5 heteroatoms. The smallest absolute Gasteiger partial charge is 0.263 e. The van der Waals surface area contributed by atoms with Crippen LogP contribution in [0.2, 0.25) is 0 Å². The molecule has 0 radical (unpaired) electrons. The predicted octanol–water partition coefficient (Wildman–Crippen LogP) is 4.66. The zero-order valence-electron chi connectivity index (χ0n) is 12.8. The van der Waals surface area contributed by atoms with E-state index in [-0.39, 0.29) is 11.3 Å². The molecule has 1 unspecified atom stereocenters. The average molecular weight is 369 g/mol. The molecule has 0 spiro atoms. The van der Waals surface area contributed by atoms with Gasteiger partial charge in [-0.05, 0) is 23.5 Å². The zero-order valence-corrected chi connectivity index (χ0v) is 15.2. The van der Waals surface area contributed by atoms with E-state index in [1.807, 2.05) is 18.2 Å². The Kier molecular flexibility index (Phi) is 4.63. The van der Waals surface area contributed by atoms with Gasteiger partial charge in [-0.2, -0.15) is 0 Å². The fourth-order valence-corrected chi connectivity index (χ4v) is 3.71. The number of nitrogens with one attached hydrogen (secondary N) is 1. The lowest BCUT2D eigenvalue weighted by atomic mass is 9.82. The van der Waals surface area contributed by atoms with E-state index in [1.165, 1.54) is 11.3 Å². The highest BCUT2D eigenvalue weighted by Gasteiger charge is 2.22. The number of rotatable bonds is 3. The minimum atomic E-state index is -0.0864. The van der Waals surface area contributed by atoms with Gasteiger partial charge in [-0.3, -0.25) is 4.79 Å². The number of amides is 1. The SMILES string of the molecule is CC(CNC(=O)c1sc2cccc(Br)c2c1N)C(C)(C)C. The number of benzene rings is 1. The number of nitrogens with two attached hydrogens (primary N) is 1. The van der Waals surface area contributed by atoms with Crippen LogP contribution >= 0.6 is 27.3 Å². The average Bonchev–Trinajstić information content (AvgIpc) is 2.73. The first kappa shape index (κ1) is 16.3. The molecule has 3 nitrogen and oxygen atoms in total. The van der Waals surface area contributed by atoms with Gasteiger partial charge in [-0.25, -0.2) is 0 Å². The molecule has 0 aliphatic carbocycles. The molecule has 1 amide bonds. The van der Waals surface area contributed by atoms with E-state index in [2.05, 4.69) is 48.9 Å². The Bertz CT molecular complexity index is 673. The maximum Gasteiger partial charge on any atom is 0.263 e. The Hall–Kier alpha value is -1.07. The van der Waals surface area contributed by atoms with E-state index in [1.54, 1.807) is 0 Å². The van der Waals surface area contributed by atoms with Crippen LogP contribution in [0.3, 0.4) is 0 Å². The summed E-state index contributed by atoms with van der Waals surface area (Å²) < 4.78 is 1.95. The highest BCUT2D eigenvalue weighted by molar-refractivity contribution is 9.10. The monoisotopic (exact) mass is 368 g/mol. The molecular formula is C16H21BrN2OS. The van der Waals surface area contributed by atoms with Crippen LogP contribution in [0.4, 0.5) is 5.69 Å². The van der Waals surface area contributed by atoms with Gasteiger partial charge in [0.2, 0.25) is 0 Å². The largest absolute Gasteiger partial charge is 0.397 e. The number of halogens is 1. The van der Waals surface area contributed by atoms with Gasteiger partial charge >= 0.3 is 0 Å². The number of carbonyl (C=O) groups is 1. The number of fused-ring (bicyclic) bond motifs is 1. The molecule has 0 saturated heterocycles. The predicted molar refractivity (Wildman–Crippen MR) is 94.9 cm³/mol. The maximum atomic E-state index is 12.4. The van der Waals surface area contributed by atoms with Crippen LogP contribution in [-0.4, -0.2) is 12.5 Å². The fourth-order valence-electron chi connectivity index (χ4n) is 1.93. The molecule has 1 heterocycles. The van der Waals surface area contributed by atoms with Gasteiger partial charge in [0.25, 0.3) is 5.91 Å². The fraction of sp³-hybridized carbons (Fsp3) is 0.438. The molecule has 1 atom stereocenters. The van der Waals surface area contributed by atoms with Crippen LogP contribution < -0.4 is 11.1 Å². The Morgan fingerprint density at radius 2 is 2.10 bits per heavy atom. The van der Waals surface area contributed by atoms with Crippen molar-refractivity contribution in [2.75, 3.05) is 12.3 Å². The van der Waals surface area contributed by atoms with Crippen molar-refractivity contribution in [3.05, 3.63) is 27.5 Å². The minimum Gasteiger partial charge on any atom is -0.397 e. The summed E-state index contributed by atoms with van der Waals surface area (Å²) in [6.07, 6.45) is 0. The van der Waals surface area contributed by atoms with Gasteiger partial charge in [0.15, 0.2) is 0 Å². The van der Waals surface area contributed by atoms with E-state index in [9.17, 15) is 4.79 Å². The van der Waals surface area contributed by atoms with E-state index in [4.69, 9.17) is 5.73 Å². The van der Waals surface area contributed by atoms with Crippen molar-refractivity contribution in [3.63, 3.8) is 0 Å². The number of anilines is 1. The Labute approximate surface area is 138 Å². The van der Waals surface area contributed by atoms with Gasteiger partial charge in [0, 0.05) is 21.1 Å². The summed E-state index contributed by atoms with van der Waals surface area (Å²) in [5, 5.41) is 3.93. The molecule has 3 N–H and O–H groups in total. The van der Waals surface area contributed by atoms with Gasteiger partial charge < -0.3 is 11.1 Å². The van der Waals surface area contributed by atoms with Crippen LogP contribution in [0, 0.1) is 11.3 Å². The summed E-state index contributed by atoms with van der Waals surface area (Å²) >= 11 is 4.93. The molecule has 0 aliphatic heterocycles. The number of nitrogen functional groups attached to an aromatic ring is 1. The Morgan fingerprint density at radius 3 is 2.67 bits per heavy atom. The number of hydrogen-bond acceptors (Lipinski definition) is 3. The molecule has 1 aromatic heterocycles. The highest BCUT2D eigenvalue weighted by atomic mass is 79.9. The first-order valence-electron chi connectivity index (χ1n) is 6.96. The Balaban J connectivity index is 2.21. The highest BCUT2D eigenvalue weighted by Crippen LogP contribution is 2.38. The summed E-state index contributed by atoms with van der Waals surface area (Å²) in [6.45, 7) is 9.32. The number of carbonyl (C=O) groups excluding carboxylic acids is 1. The lowest BCUT2D eigenvalue weighted by molar-refractivity contribution is 0.0942. The van der Waals surface area contributed by atoms with Crippen molar-refractivity contribution in [3.8, 4) is 0 Å². The lowest BCUT2D eigenvalue weighted by Crippen LogP contribution is -2.33. The summed E-state index contributed by atoms with van der Waals surface area (Å²) in [5.41, 5.74) is 6.88. The first-order chi connectivity index (χ1) is 9.71. The zero-order chi connectivity index (χ0) is 15.8. The first-order valence-corrected chi connectivity index (χ1v) is 8.57. The summed E-state index contributed by atoms with van der Waals surface area (Å²) in [4.78, 5) is 13.0. The van der Waals surface area contributed by atoms with Crippen LogP contribution in [-0.2, 0) is 0 Å².